The molecule has 6 heteroatoms. The van der Waals surface area contributed by atoms with E-state index in [-0.39, 0.29) is 6.10 Å². The molecule has 0 radical (unpaired) electrons. The van der Waals surface area contributed by atoms with Crippen molar-refractivity contribution in [3.05, 3.63) is 71.3 Å². The number of nitrogens with one attached hydrogen (secondary N) is 2. The molecular weight excluding hydrogens is 400 g/mol. The summed E-state index contributed by atoms with van der Waals surface area (Å²) in [6.07, 6.45) is 5.49. The zero-order chi connectivity index (χ0) is 22.2. The lowest BCUT2D eigenvalue weighted by atomic mass is 10.1. The average molecular weight is 435 g/mol. The summed E-state index contributed by atoms with van der Waals surface area (Å²) in [5.41, 5.74) is 4.76. The van der Waals surface area contributed by atoms with Crippen molar-refractivity contribution in [2.24, 2.45) is 4.99 Å². The Balaban J connectivity index is 1.40. The molecule has 2 heterocycles. The van der Waals surface area contributed by atoms with Crippen molar-refractivity contribution >= 4 is 11.6 Å². The van der Waals surface area contributed by atoms with Gasteiger partial charge in [-0.25, -0.2) is 4.99 Å². The van der Waals surface area contributed by atoms with E-state index in [0.29, 0.717) is 19.7 Å². The Hall–Kier alpha value is -2.99. The third-order valence-corrected chi connectivity index (χ3v) is 5.71. The van der Waals surface area contributed by atoms with Crippen LogP contribution < -0.4 is 20.3 Å². The van der Waals surface area contributed by atoms with Crippen molar-refractivity contribution in [1.29, 1.82) is 0 Å². The molecule has 2 aliphatic rings. The van der Waals surface area contributed by atoms with Crippen LogP contribution in [0.5, 0.6) is 5.75 Å². The number of aliphatic imine (C=N–C) groups is 1. The Kier molecular flexibility index (Phi) is 7.67. The first-order chi connectivity index (χ1) is 15.7. The highest BCUT2D eigenvalue weighted by molar-refractivity contribution is 5.79. The van der Waals surface area contributed by atoms with Gasteiger partial charge in [0.1, 0.15) is 11.9 Å². The molecule has 2 N–H and O–H groups in total. The number of anilines is 1. The molecule has 32 heavy (non-hydrogen) atoms. The second kappa shape index (κ2) is 11.0. The lowest BCUT2D eigenvalue weighted by molar-refractivity contribution is 0.140. The molecule has 0 saturated carbocycles. The molecule has 1 fully saturated rings. The maximum absolute atomic E-state index is 6.24. The van der Waals surface area contributed by atoms with E-state index in [1.165, 1.54) is 16.8 Å². The molecule has 1 unspecified atom stereocenters. The quantitative estimate of drug-likeness (QED) is 0.376. The second-order valence-corrected chi connectivity index (χ2v) is 8.31. The molecule has 0 aliphatic carbocycles. The van der Waals surface area contributed by atoms with Gasteiger partial charge in [-0.05, 0) is 43.2 Å². The van der Waals surface area contributed by atoms with E-state index in [1.54, 1.807) is 0 Å². The Morgan fingerprint density at radius 2 is 2.03 bits per heavy atom. The van der Waals surface area contributed by atoms with E-state index in [1.807, 2.05) is 0 Å². The van der Waals surface area contributed by atoms with E-state index < -0.39 is 0 Å². The summed E-state index contributed by atoms with van der Waals surface area (Å²) in [7, 11) is 0. The van der Waals surface area contributed by atoms with Gasteiger partial charge < -0.3 is 25.0 Å². The van der Waals surface area contributed by atoms with Crippen molar-refractivity contribution in [2.75, 3.05) is 37.7 Å². The smallest absolute Gasteiger partial charge is 0.191 e. The predicted molar refractivity (Wildman–Crippen MR) is 130 cm³/mol. The van der Waals surface area contributed by atoms with E-state index in [2.05, 4.69) is 84.0 Å². The number of guanidine groups is 1. The van der Waals surface area contributed by atoms with Crippen molar-refractivity contribution < 1.29 is 9.47 Å². The average Bonchev–Trinajstić information content (AvgIpc) is 3.51. The second-order valence-electron chi connectivity index (χ2n) is 8.31. The molecule has 1 atom stereocenters. The van der Waals surface area contributed by atoms with Gasteiger partial charge in [-0.1, -0.05) is 36.4 Å². The van der Waals surface area contributed by atoms with E-state index in [4.69, 9.17) is 14.5 Å². The molecule has 4 rings (SSSR count). The van der Waals surface area contributed by atoms with Crippen LogP contribution in [0.2, 0.25) is 0 Å². The van der Waals surface area contributed by atoms with Crippen LogP contribution in [0.4, 0.5) is 5.69 Å². The van der Waals surface area contributed by atoms with Gasteiger partial charge >= 0.3 is 0 Å². The highest BCUT2D eigenvalue weighted by Gasteiger charge is 2.19. The number of hydrogen-bond acceptors (Lipinski definition) is 4. The van der Waals surface area contributed by atoms with E-state index >= 15 is 0 Å². The molecule has 0 spiro atoms. The SMILES string of the molecule is CCNC(=NCc1cccc(N2CC=CC2)c1)NCc1ccc(C)cc1OC1CCOC1. The minimum Gasteiger partial charge on any atom is -0.488 e. The van der Waals surface area contributed by atoms with E-state index in [0.717, 1.165) is 49.9 Å². The normalized spacial score (nSPS) is 18.2. The fourth-order valence-electron chi connectivity index (χ4n) is 3.93. The monoisotopic (exact) mass is 434 g/mol. The number of hydrogen-bond donors (Lipinski definition) is 2. The highest BCUT2D eigenvalue weighted by Crippen LogP contribution is 2.24. The van der Waals surface area contributed by atoms with Crippen molar-refractivity contribution in [2.45, 2.75) is 39.5 Å². The van der Waals surface area contributed by atoms with Crippen LogP contribution in [-0.2, 0) is 17.8 Å². The minimum absolute atomic E-state index is 0.135. The van der Waals surface area contributed by atoms with Crippen LogP contribution in [0, 0.1) is 6.92 Å². The van der Waals surface area contributed by atoms with Crippen molar-refractivity contribution in [3.8, 4) is 5.75 Å². The number of nitrogens with zero attached hydrogens (tertiary/aromatic N) is 2. The van der Waals surface area contributed by atoms with Gasteiger partial charge in [0.15, 0.2) is 5.96 Å². The Labute approximate surface area is 191 Å². The summed E-state index contributed by atoms with van der Waals surface area (Å²) in [4.78, 5) is 7.17. The molecule has 0 aromatic heterocycles. The van der Waals surface area contributed by atoms with E-state index in [9.17, 15) is 0 Å². The fraction of sp³-hybridized carbons (Fsp3) is 0.423. The van der Waals surface area contributed by atoms with Crippen LogP contribution in [0.15, 0.2) is 59.6 Å². The molecule has 170 valence electrons. The highest BCUT2D eigenvalue weighted by atomic mass is 16.5. The zero-order valence-electron chi connectivity index (χ0n) is 19.1. The molecule has 2 aromatic carbocycles. The third kappa shape index (κ3) is 6.04. The van der Waals surface area contributed by atoms with Crippen LogP contribution in [0.25, 0.3) is 0 Å². The van der Waals surface area contributed by atoms with Crippen LogP contribution in [0.3, 0.4) is 0 Å². The summed E-state index contributed by atoms with van der Waals surface area (Å²) < 4.78 is 11.7. The van der Waals surface area contributed by atoms with Gasteiger partial charge in [0.25, 0.3) is 0 Å². The van der Waals surface area contributed by atoms with Gasteiger partial charge in [0.05, 0.1) is 19.8 Å². The number of ether oxygens (including phenoxy) is 2. The van der Waals surface area contributed by atoms with Gasteiger partial charge in [-0.2, -0.15) is 0 Å². The number of aryl methyl sites for hydroxylation is 1. The van der Waals surface area contributed by atoms with Gasteiger partial charge in [-0.15, -0.1) is 0 Å². The van der Waals surface area contributed by atoms with Crippen molar-refractivity contribution in [1.82, 2.24) is 10.6 Å². The van der Waals surface area contributed by atoms with Gasteiger partial charge in [-0.3, -0.25) is 0 Å². The Bertz CT molecular complexity index is 943. The standard InChI is InChI=1S/C26H34N4O2/c1-3-27-26(28-17-21-7-6-8-23(16-21)30-12-4-5-13-30)29-18-22-10-9-20(2)15-25(22)32-24-11-14-31-19-24/h4-10,15-16,24H,3,11-14,17-19H2,1-2H3,(H2,27,28,29). The Morgan fingerprint density at radius 3 is 2.81 bits per heavy atom. The molecule has 0 amide bonds. The summed E-state index contributed by atoms with van der Waals surface area (Å²) >= 11 is 0. The molecular formula is C26H34N4O2. The summed E-state index contributed by atoms with van der Waals surface area (Å²) in [5.74, 6) is 1.73. The molecule has 0 bridgehead atoms. The maximum atomic E-state index is 6.24. The van der Waals surface area contributed by atoms with Crippen LogP contribution >= 0.6 is 0 Å². The zero-order valence-corrected chi connectivity index (χ0v) is 19.1. The number of rotatable bonds is 8. The first kappa shape index (κ1) is 22.2. The van der Waals surface area contributed by atoms with Gasteiger partial charge in [0, 0.05) is 43.9 Å². The number of benzene rings is 2. The summed E-state index contributed by atoms with van der Waals surface area (Å²) in [6, 6.07) is 15.0. The fourth-order valence-corrected chi connectivity index (χ4v) is 3.93. The first-order valence-electron chi connectivity index (χ1n) is 11.6. The Morgan fingerprint density at radius 1 is 1.16 bits per heavy atom. The lowest BCUT2D eigenvalue weighted by Crippen LogP contribution is -2.37. The molecule has 2 aliphatic heterocycles. The molecule has 6 nitrogen and oxygen atoms in total. The van der Waals surface area contributed by atoms with Crippen LogP contribution in [-0.4, -0.2) is 44.9 Å². The summed E-state index contributed by atoms with van der Waals surface area (Å²) in [6.45, 7) is 9.65. The van der Waals surface area contributed by atoms with Gasteiger partial charge in [0.2, 0.25) is 0 Å². The predicted octanol–water partition coefficient (Wildman–Crippen LogP) is 3.79. The lowest BCUT2D eigenvalue weighted by Gasteiger charge is -2.19. The molecule has 2 aromatic rings. The third-order valence-electron chi connectivity index (χ3n) is 5.71. The maximum Gasteiger partial charge on any atom is 0.191 e. The van der Waals surface area contributed by atoms with Crippen LogP contribution in [0.1, 0.15) is 30.0 Å². The topological polar surface area (TPSA) is 58.1 Å². The van der Waals surface area contributed by atoms with Crippen molar-refractivity contribution in [3.63, 3.8) is 0 Å². The summed E-state index contributed by atoms with van der Waals surface area (Å²) in [5, 5.41) is 6.82. The first-order valence-corrected chi connectivity index (χ1v) is 11.6. The largest absolute Gasteiger partial charge is 0.488 e. The minimum atomic E-state index is 0.135. The molecule has 1 saturated heterocycles.